The average molecular weight is 428 g/mol. The number of ether oxygens (including phenoxy) is 1. The van der Waals surface area contributed by atoms with Crippen LogP contribution < -0.4 is 10.1 Å². The van der Waals surface area contributed by atoms with Gasteiger partial charge < -0.3 is 15.0 Å². The maximum Gasteiger partial charge on any atom is 0.253 e. The third-order valence-electron chi connectivity index (χ3n) is 6.12. The van der Waals surface area contributed by atoms with Crippen LogP contribution in [0.3, 0.4) is 0 Å². The highest BCUT2D eigenvalue weighted by molar-refractivity contribution is 7.09. The molecule has 2 heterocycles. The molecule has 0 bridgehead atoms. The summed E-state index contributed by atoms with van der Waals surface area (Å²) in [7, 11) is 1.62. The molecule has 1 atom stereocenters. The molecule has 1 saturated carbocycles. The van der Waals surface area contributed by atoms with Gasteiger partial charge in [0, 0.05) is 48.8 Å². The van der Waals surface area contributed by atoms with Crippen molar-refractivity contribution in [3.05, 3.63) is 45.9 Å². The first kappa shape index (κ1) is 20.8. The molecule has 160 valence electrons. The highest BCUT2D eigenvalue weighted by Crippen LogP contribution is 2.30. The SMILES string of the molecule is COc1ccc(C(=O)N2CCC[C@@H](c3nc(CCNC(=O)C4CCC4)cs3)C2)cc1. The first-order valence-electron chi connectivity index (χ1n) is 10.8. The van der Waals surface area contributed by atoms with E-state index in [0.717, 1.165) is 55.1 Å². The van der Waals surface area contributed by atoms with Crippen LogP contribution in [0.5, 0.6) is 5.75 Å². The third kappa shape index (κ3) is 4.83. The van der Waals surface area contributed by atoms with E-state index in [0.29, 0.717) is 18.7 Å². The number of piperidine rings is 1. The van der Waals surface area contributed by atoms with Crippen LogP contribution in [-0.2, 0) is 11.2 Å². The molecule has 2 amide bonds. The Balaban J connectivity index is 1.30. The lowest BCUT2D eigenvalue weighted by Crippen LogP contribution is -2.39. The number of aromatic nitrogens is 1. The fourth-order valence-electron chi connectivity index (χ4n) is 4.03. The van der Waals surface area contributed by atoms with Gasteiger partial charge in [-0.25, -0.2) is 4.98 Å². The van der Waals surface area contributed by atoms with E-state index in [2.05, 4.69) is 10.7 Å². The quantitative estimate of drug-likeness (QED) is 0.732. The molecule has 0 unspecified atom stereocenters. The van der Waals surface area contributed by atoms with Crippen LogP contribution in [0.15, 0.2) is 29.6 Å². The topological polar surface area (TPSA) is 71.5 Å². The number of hydrogen-bond acceptors (Lipinski definition) is 5. The predicted octanol–water partition coefficient (Wildman–Crippen LogP) is 3.63. The second kappa shape index (κ2) is 9.60. The van der Waals surface area contributed by atoms with Crippen LogP contribution in [0, 0.1) is 5.92 Å². The second-order valence-corrected chi connectivity index (χ2v) is 9.05. The average Bonchev–Trinajstić information content (AvgIpc) is 3.21. The normalized spacial score (nSPS) is 19.2. The van der Waals surface area contributed by atoms with Crippen molar-refractivity contribution in [3.63, 3.8) is 0 Å². The monoisotopic (exact) mass is 427 g/mol. The fraction of sp³-hybridized carbons (Fsp3) is 0.522. The van der Waals surface area contributed by atoms with Crippen LogP contribution in [0.4, 0.5) is 0 Å². The largest absolute Gasteiger partial charge is 0.497 e. The van der Waals surface area contributed by atoms with Crippen molar-refractivity contribution in [3.8, 4) is 5.75 Å². The first-order chi connectivity index (χ1) is 14.6. The molecule has 30 heavy (non-hydrogen) atoms. The van der Waals surface area contributed by atoms with Crippen LogP contribution >= 0.6 is 11.3 Å². The predicted molar refractivity (Wildman–Crippen MR) is 117 cm³/mol. The molecule has 1 saturated heterocycles. The van der Waals surface area contributed by atoms with Gasteiger partial charge in [0.2, 0.25) is 5.91 Å². The Kier molecular flexibility index (Phi) is 6.67. The molecule has 6 nitrogen and oxygen atoms in total. The molecule has 4 rings (SSSR count). The van der Waals surface area contributed by atoms with Crippen molar-refractivity contribution in [2.75, 3.05) is 26.7 Å². The number of carbonyl (C=O) groups excluding carboxylic acids is 2. The number of methoxy groups -OCH3 is 1. The number of hydrogen-bond donors (Lipinski definition) is 1. The van der Waals surface area contributed by atoms with Gasteiger partial charge in [0.1, 0.15) is 5.75 Å². The van der Waals surface area contributed by atoms with Crippen molar-refractivity contribution in [2.24, 2.45) is 5.92 Å². The Morgan fingerprint density at radius 2 is 2.00 bits per heavy atom. The van der Waals surface area contributed by atoms with Gasteiger partial charge in [-0.15, -0.1) is 11.3 Å². The zero-order valence-corrected chi connectivity index (χ0v) is 18.2. The minimum Gasteiger partial charge on any atom is -0.497 e. The molecule has 0 radical (unpaired) electrons. The van der Waals surface area contributed by atoms with Gasteiger partial charge in [-0.05, 0) is 49.9 Å². The Hall–Kier alpha value is -2.41. The number of amides is 2. The molecule has 1 aromatic heterocycles. The minimum atomic E-state index is 0.0674. The number of rotatable bonds is 7. The van der Waals surface area contributed by atoms with E-state index in [-0.39, 0.29) is 23.7 Å². The lowest BCUT2D eigenvalue weighted by molar-refractivity contribution is -0.127. The summed E-state index contributed by atoms with van der Waals surface area (Å²) in [5, 5.41) is 6.23. The third-order valence-corrected chi connectivity index (χ3v) is 7.18. The molecule has 7 heteroatoms. The van der Waals surface area contributed by atoms with Crippen molar-refractivity contribution in [1.82, 2.24) is 15.2 Å². The lowest BCUT2D eigenvalue weighted by Gasteiger charge is -2.32. The minimum absolute atomic E-state index is 0.0674. The van der Waals surface area contributed by atoms with Gasteiger partial charge in [0.25, 0.3) is 5.91 Å². The summed E-state index contributed by atoms with van der Waals surface area (Å²) in [6, 6.07) is 7.30. The molecule has 1 aromatic carbocycles. The smallest absolute Gasteiger partial charge is 0.253 e. The Morgan fingerprint density at radius 1 is 1.20 bits per heavy atom. The summed E-state index contributed by atoms with van der Waals surface area (Å²) >= 11 is 1.67. The zero-order valence-electron chi connectivity index (χ0n) is 17.4. The molecule has 2 fully saturated rings. The van der Waals surface area contributed by atoms with Gasteiger partial charge in [-0.2, -0.15) is 0 Å². The first-order valence-corrected chi connectivity index (χ1v) is 11.7. The summed E-state index contributed by atoms with van der Waals surface area (Å²) in [6.07, 6.45) is 6.03. The van der Waals surface area contributed by atoms with Crippen molar-refractivity contribution in [2.45, 2.75) is 44.4 Å². The van der Waals surface area contributed by atoms with Crippen molar-refractivity contribution >= 4 is 23.2 Å². The van der Waals surface area contributed by atoms with E-state index in [1.54, 1.807) is 18.4 Å². The fourth-order valence-corrected chi connectivity index (χ4v) is 5.02. The highest BCUT2D eigenvalue weighted by atomic mass is 32.1. The molecule has 1 aliphatic heterocycles. The maximum absolute atomic E-state index is 12.9. The Morgan fingerprint density at radius 3 is 2.70 bits per heavy atom. The Bertz CT molecular complexity index is 876. The van der Waals surface area contributed by atoms with Gasteiger partial charge in [0.05, 0.1) is 17.8 Å². The van der Waals surface area contributed by atoms with E-state index >= 15 is 0 Å². The number of benzene rings is 1. The van der Waals surface area contributed by atoms with Gasteiger partial charge in [-0.1, -0.05) is 6.42 Å². The molecular formula is C23H29N3O3S. The highest BCUT2D eigenvalue weighted by Gasteiger charge is 2.28. The Labute approximate surface area is 181 Å². The lowest BCUT2D eigenvalue weighted by atomic mass is 9.85. The van der Waals surface area contributed by atoms with Crippen LogP contribution in [0.25, 0.3) is 0 Å². The summed E-state index contributed by atoms with van der Waals surface area (Å²) < 4.78 is 5.18. The van der Waals surface area contributed by atoms with E-state index in [1.165, 1.54) is 6.42 Å². The van der Waals surface area contributed by atoms with E-state index in [4.69, 9.17) is 9.72 Å². The van der Waals surface area contributed by atoms with E-state index in [1.807, 2.05) is 29.2 Å². The van der Waals surface area contributed by atoms with Crippen molar-refractivity contribution < 1.29 is 14.3 Å². The summed E-state index contributed by atoms with van der Waals surface area (Å²) in [6.45, 7) is 2.13. The number of nitrogens with one attached hydrogen (secondary N) is 1. The van der Waals surface area contributed by atoms with Gasteiger partial charge in [-0.3, -0.25) is 9.59 Å². The van der Waals surface area contributed by atoms with Gasteiger partial charge in [0.15, 0.2) is 0 Å². The van der Waals surface area contributed by atoms with E-state index in [9.17, 15) is 9.59 Å². The van der Waals surface area contributed by atoms with Gasteiger partial charge >= 0.3 is 0 Å². The van der Waals surface area contributed by atoms with Crippen LogP contribution in [0.2, 0.25) is 0 Å². The zero-order chi connectivity index (χ0) is 20.9. The number of likely N-dealkylation sites (tertiary alicyclic amines) is 1. The molecule has 2 aromatic rings. The summed E-state index contributed by atoms with van der Waals surface area (Å²) in [5.74, 6) is 1.52. The summed E-state index contributed by atoms with van der Waals surface area (Å²) in [5.41, 5.74) is 1.72. The van der Waals surface area contributed by atoms with Crippen LogP contribution in [0.1, 0.15) is 59.1 Å². The molecule has 1 aliphatic carbocycles. The second-order valence-electron chi connectivity index (χ2n) is 8.16. The summed E-state index contributed by atoms with van der Waals surface area (Å²) in [4.78, 5) is 31.6. The maximum atomic E-state index is 12.9. The molecule has 0 spiro atoms. The number of nitrogens with zero attached hydrogens (tertiary/aromatic N) is 2. The number of thiazole rings is 1. The molecular weight excluding hydrogens is 398 g/mol. The molecule has 1 N–H and O–H groups in total. The molecule has 2 aliphatic rings. The standard InChI is InChI=1S/C23H29N3O3S/c1-29-20-9-7-17(8-10-20)23(28)26-13-3-6-18(14-26)22-25-19(15-30-22)11-12-24-21(27)16-4-2-5-16/h7-10,15-16,18H,2-6,11-14H2,1H3,(H,24,27)/t18-/m1/s1. The number of carbonyl (C=O) groups is 2. The van der Waals surface area contributed by atoms with E-state index < -0.39 is 0 Å². The van der Waals surface area contributed by atoms with Crippen LogP contribution in [-0.4, -0.2) is 48.4 Å². The van der Waals surface area contributed by atoms with Crippen molar-refractivity contribution in [1.29, 1.82) is 0 Å².